The molecule has 0 spiro atoms. The zero-order valence-electron chi connectivity index (χ0n) is 18.8. The van der Waals surface area contributed by atoms with Crippen molar-refractivity contribution in [3.63, 3.8) is 0 Å². The molecule has 0 unspecified atom stereocenters. The van der Waals surface area contributed by atoms with E-state index in [1.807, 2.05) is 46.8 Å². The van der Waals surface area contributed by atoms with Crippen molar-refractivity contribution in [2.24, 2.45) is 0 Å². The van der Waals surface area contributed by atoms with Crippen LogP contribution in [0, 0.1) is 20.8 Å². The van der Waals surface area contributed by atoms with Crippen molar-refractivity contribution >= 4 is 56.6 Å². The predicted molar refractivity (Wildman–Crippen MR) is 136 cm³/mol. The van der Waals surface area contributed by atoms with E-state index in [1.54, 1.807) is 12.1 Å². The summed E-state index contributed by atoms with van der Waals surface area (Å²) in [6.45, 7) is 6.34. The molecule has 34 heavy (non-hydrogen) atoms. The van der Waals surface area contributed by atoms with Crippen LogP contribution in [0.4, 0.5) is 4.79 Å². The molecule has 2 amide bonds. The Hall–Kier alpha value is -2.65. The zero-order valence-corrected chi connectivity index (χ0v) is 19.6. The molecule has 0 fully saturated rings. The number of fused-ring (bicyclic) bond motifs is 1. The first-order chi connectivity index (χ1) is 15.7. The van der Waals surface area contributed by atoms with Gasteiger partial charge in [0, 0.05) is 12.2 Å². The second-order valence-corrected chi connectivity index (χ2v) is 9.81. The quantitative estimate of drug-likeness (QED) is 0.408. The van der Waals surface area contributed by atoms with Gasteiger partial charge < -0.3 is 5.32 Å². The normalized spacial score (nSPS) is 11.1. The summed E-state index contributed by atoms with van der Waals surface area (Å²) < 4.78 is 28.7. The average Bonchev–Trinajstić information content (AvgIpc) is 3.17. The first kappa shape index (κ1) is 26.0. The van der Waals surface area contributed by atoms with E-state index in [0.717, 1.165) is 27.8 Å². The van der Waals surface area contributed by atoms with Crippen molar-refractivity contribution in [2.75, 3.05) is 6.54 Å². The van der Waals surface area contributed by atoms with Gasteiger partial charge in [0.05, 0.1) is 15.9 Å². The van der Waals surface area contributed by atoms with Crippen LogP contribution in [-0.2, 0) is 16.4 Å². The third-order valence-electron chi connectivity index (χ3n) is 5.63. The number of imidazole rings is 1. The van der Waals surface area contributed by atoms with E-state index in [9.17, 15) is 13.2 Å². The third kappa shape index (κ3) is 5.88. The number of benzene rings is 3. The summed E-state index contributed by atoms with van der Waals surface area (Å²) >= 11 is 0. The van der Waals surface area contributed by atoms with Crippen LogP contribution in [0.3, 0.4) is 0 Å². The van der Waals surface area contributed by atoms with E-state index in [2.05, 4.69) is 36.3 Å². The number of nitrogens with one attached hydrogen (secondary N) is 2. The van der Waals surface area contributed by atoms with Crippen LogP contribution in [0.15, 0.2) is 71.9 Å². The Morgan fingerprint density at radius 1 is 0.941 bits per heavy atom. The van der Waals surface area contributed by atoms with Gasteiger partial charge in [0.2, 0.25) is 0 Å². The van der Waals surface area contributed by atoms with Gasteiger partial charge in [0.1, 0.15) is 6.33 Å². The Kier molecular flexibility index (Phi) is 8.20. The molecule has 0 aliphatic rings. The average molecular weight is 487 g/mol. The molecule has 7 nitrogen and oxygen atoms in total. The molecule has 9 heteroatoms. The summed E-state index contributed by atoms with van der Waals surface area (Å²) in [4.78, 5) is 16.6. The van der Waals surface area contributed by atoms with Gasteiger partial charge in [-0.25, -0.2) is 22.9 Å². The summed E-state index contributed by atoms with van der Waals surface area (Å²) in [5.41, 5.74) is 7.41. The minimum absolute atomic E-state index is 0. The van der Waals surface area contributed by atoms with Crippen LogP contribution in [-0.4, -0.2) is 60.1 Å². The number of hydrogen-bond donors (Lipinski definition) is 2. The van der Waals surface area contributed by atoms with Crippen LogP contribution in [0.5, 0.6) is 0 Å². The molecule has 1 heterocycles. The SMILES string of the molecule is Cc1ccc(S(=O)(=O)NC(=O)NCCc2ccc(-n3cnc4cc(C)c(C)cc43)cc2)cc1.[NaH]. The summed E-state index contributed by atoms with van der Waals surface area (Å²) in [6.07, 6.45) is 2.39. The molecule has 172 valence electrons. The van der Waals surface area contributed by atoms with Crippen LogP contribution in [0.25, 0.3) is 16.7 Å². The summed E-state index contributed by atoms with van der Waals surface area (Å²) in [7, 11) is -3.90. The number of amides is 2. The van der Waals surface area contributed by atoms with Gasteiger partial charge in [0.25, 0.3) is 10.0 Å². The number of aromatic nitrogens is 2. The Bertz CT molecular complexity index is 1410. The second-order valence-electron chi connectivity index (χ2n) is 8.13. The van der Waals surface area contributed by atoms with Gasteiger partial charge in [-0.15, -0.1) is 0 Å². The molecular formula is C25H27N4NaO3S. The van der Waals surface area contributed by atoms with E-state index < -0.39 is 16.1 Å². The molecule has 0 atom stereocenters. The fourth-order valence-electron chi connectivity index (χ4n) is 3.55. The fourth-order valence-corrected chi connectivity index (χ4v) is 4.48. The van der Waals surface area contributed by atoms with Crippen molar-refractivity contribution in [3.05, 3.63) is 89.2 Å². The molecule has 4 aromatic rings. The predicted octanol–water partition coefficient (Wildman–Crippen LogP) is 3.53. The Morgan fingerprint density at radius 2 is 1.59 bits per heavy atom. The van der Waals surface area contributed by atoms with Crippen molar-refractivity contribution in [1.29, 1.82) is 0 Å². The van der Waals surface area contributed by atoms with Gasteiger partial charge in [-0.05, 0) is 80.3 Å². The van der Waals surface area contributed by atoms with E-state index in [0.29, 0.717) is 13.0 Å². The van der Waals surface area contributed by atoms with Crippen LogP contribution in [0.1, 0.15) is 22.3 Å². The Labute approximate surface area is 221 Å². The number of rotatable bonds is 6. The van der Waals surface area contributed by atoms with E-state index in [-0.39, 0.29) is 34.5 Å². The van der Waals surface area contributed by atoms with Gasteiger partial charge in [-0.2, -0.15) is 0 Å². The maximum atomic E-state index is 12.3. The first-order valence-corrected chi connectivity index (χ1v) is 12.1. The van der Waals surface area contributed by atoms with Gasteiger partial charge in [-0.1, -0.05) is 29.8 Å². The van der Waals surface area contributed by atoms with Crippen LogP contribution >= 0.6 is 0 Å². The van der Waals surface area contributed by atoms with Gasteiger partial charge in [-0.3, -0.25) is 4.57 Å². The van der Waals surface area contributed by atoms with Gasteiger partial charge in [0.15, 0.2) is 0 Å². The number of aryl methyl sites for hydroxylation is 3. The monoisotopic (exact) mass is 486 g/mol. The first-order valence-electron chi connectivity index (χ1n) is 10.6. The molecule has 0 saturated carbocycles. The zero-order chi connectivity index (χ0) is 23.6. The molecule has 0 radical (unpaired) electrons. The number of nitrogens with zero attached hydrogens (tertiary/aromatic N) is 2. The van der Waals surface area contributed by atoms with E-state index in [1.165, 1.54) is 23.3 Å². The Balaban J connectivity index is 0.00000324. The molecular weight excluding hydrogens is 459 g/mol. The standard InChI is InChI=1S/C25H26N4O3S.Na.H/c1-17-4-10-22(11-5-17)33(31,32)28-25(30)26-13-12-20-6-8-21(9-7-20)29-16-27-23-14-18(2)19(3)15-24(23)29;;/h4-11,14-16H,12-13H2,1-3H3,(H2,26,28,30);;. The van der Waals surface area contributed by atoms with Crippen LogP contribution in [0.2, 0.25) is 0 Å². The van der Waals surface area contributed by atoms with Crippen molar-refractivity contribution < 1.29 is 13.2 Å². The van der Waals surface area contributed by atoms with E-state index in [4.69, 9.17) is 0 Å². The topological polar surface area (TPSA) is 93.1 Å². The van der Waals surface area contributed by atoms with E-state index >= 15 is 0 Å². The number of carbonyl (C=O) groups is 1. The van der Waals surface area contributed by atoms with Gasteiger partial charge >= 0.3 is 35.6 Å². The summed E-state index contributed by atoms with van der Waals surface area (Å²) in [6, 6.07) is 17.8. The molecule has 0 saturated heterocycles. The minimum atomic E-state index is -3.90. The fraction of sp³-hybridized carbons (Fsp3) is 0.200. The number of sulfonamides is 1. The van der Waals surface area contributed by atoms with Crippen LogP contribution < -0.4 is 10.0 Å². The van der Waals surface area contributed by atoms with Crippen molar-refractivity contribution in [3.8, 4) is 5.69 Å². The maximum absolute atomic E-state index is 12.3. The van der Waals surface area contributed by atoms with Crippen molar-refractivity contribution in [2.45, 2.75) is 32.1 Å². The Morgan fingerprint density at radius 3 is 2.26 bits per heavy atom. The summed E-state index contributed by atoms with van der Waals surface area (Å²) in [5, 5.41) is 2.60. The molecule has 1 aromatic heterocycles. The van der Waals surface area contributed by atoms with Crippen molar-refractivity contribution in [1.82, 2.24) is 19.6 Å². The molecule has 0 bridgehead atoms. The summed E-state index contributed by atoms with van der Waals surface area (Å²) in [5.74, 6) is 0. The number of carbonyl (C=O) groups excluding carboxylic acids is 1. The molecule has 2 N–H and O–H groups in total. The number of hydrogen-bond acceptors (Lipinski definition) is 4. The molecule has 0 aliphatic carbocycles. The second kappa shape index (κ2) is 10.7. The molecule has 4 rings (SSSR count). The molecule has 0 aliphatic heterocycles. The molecule has 3 aromatic carbocycles. The third-order valence-corrected chi connectivity index (χ3v) is 6.98. The number of urea groups is 1.